The van der Waals surface area contributed by atoms with Crippen LogP contribution < -0.4 is 5.73 Å². The largest absolute Gasteiger partial charge is 0.320 e. The molecule has 2 rings (SSSR count). The zero-order valence-corrected chi connectivity index (χ0v) is 12.6. The second-order valence-electron chi connectivity index (χ2n) is 5.00. The number of hydrogen-bond donors (Lipinski definition) is 1. The van der Waals surface area contributed by atoms with Crippen LogP contribution in [-0.2, 0) is 0 Å². The molecule has 2 N–H and O–H groups in total. The van der Waals surface area contributed by atoms with Crippen LogP contribution in [0, 0.1) is 5.82 Å². The molecule has 100 valence electrons. The second-order valence-corrected chi connectivity index (χ2v) is 5.92. The predicted molar refractivity (Wildman–Crippen MR) is 80.7 cm³/mol. The molecule has 0 aromatic heterocycles. The highest BCUT2D eigenvalue weighted by atomic mass is 79.9. The summed E-state index contributed by atoms with van der Waals surface area (Å²) in [6.07, 6.45) is 0. The van der Waals surface area contributed by atoms with E-state index in [4.69, 9.17) is 5.73 Å². The summed E-state index contributed by atoms with van der Waals surface area (Å²) in [5, 5.41) is 0. The molecule has 0 radical (unpaired) electrons. The lowest BCUT2D eigenvalue weighted by molar-refractivity contribution is 0.622. The van der Waals surface area contributed by atoms with Gasteiger partial charge < -0.3 is 5.73 Å². The minimum atomic E-state index is -0.312. The molecule has 0 aliphatic carbocycles. The minimum Gasteiger partial charge on any atom is -0.320 e. The van der Waals surface area contributed by atoms with Crippen molar-refractivity contribution in [2.45, 2.75) is 25.8 Å². The van der Waals surface area contributed by atoms with Gasteiger partial charge in [0.15, 0.2) is 0 Å². The first-order valence-electron chi connectivity index (χ1n) is 6.29. The van der Waals surface area contributed by atoms with Crippen molar-refractivity contribution in [2.24, 2.45) is 5.73 Å². The Morgan fingerprint density at radius 3 is 2.05 bits per heavy atom. The van der Waals surface area contributed by atoms with Crippen LogP contribution in [0.4, 0.5) is 4.39 Å². The summed E-state index contributed by atoms with van der Waals surface area (Å²) in [6, 6.07) is 12.6. The minimum absolute atomic E-state index is 0.279. The maximum atomic E-state index is 13.4. The Morgan fingerprint density at radius 1 is 0.947 bits per heavy atom. The van der Waals surface area contributed by atoms with E-state index in [-0.39, 0.29) is 11.9 Å². The van der Waals surface area contributed by atoms with Crippen molar-refractivity contribution < 1.29 is 4.39 Å². The molecule has 0 aliphatic heterocycles. The van der Waals surface area contributed by atoms with Crippen molar-refractivity contribution in [1.29, 1.82) is 0 Å². The van der Waals surface area contributed by atoms with Gasteiger partial charge in [0.25, 0.3) is 0 Å². The third-order valence-corrected chi connectivity index (χ3v) is 3.66. The maximum absolute atomic E-state index is 13.4. The second kappa shape index (κ2) is 5.85. The Balaban J connectivity index is 2.30. The molecule has 0 heterocycles. The summed E-state index contributed by atoms with van der Waals surface area (Å²) in [5.74, 6) is 0.215. The molecule has 0 saturated carbocycles. The van der Waals surface area contributed by atoms with E-state index in [1.807, 2.05) is 18.2 Å². The molecule has 1 atom stereocenters. The lowest BCUT2D eigenvalue weighted by Crippen LogP contribution is -2.12. The predicted octanol–water partition coefficient (Wildman–Crippen LogP) is 4.76. The van der Waals surface area contributed by atoms with Gasteiger partial charge in [0.1, 0.15) is 5.82 Å². The first-order chi connectivity index (χ1) is 8.97. The highest BCUT2D eigenvalue weighted by Crippen LogP contribution is 2.25. The third kappa shape index (κ3) is 3.43. The Kier molecular flexibility index (Phi) is 4.38. The quantitative estimate of drug-likeness (QED) is 0.866. The van der Waals surface area contributed by atoms with Crippen molar-refractivity contribution in [3.63, 3.8) is 0 Å². The summed E-state index contributed by atoms with van der Waals surface area (Å²) in [5.41, 5.74) is 9.22. The van der Waals surface area contributed by atoms with Crippen molar-refractivity contribution in [3.8, 4) is 0 Å². The summed E-state index contributed by atoms with van der Waals surface area (Å²) in [7, 11) is 0. The van der Waals surface area contributed by atoms with Crippen LogP contribution >= 0.6 is 15.9 Å². The molecule has 1 nitrogen and oxygen atoms in total. The van der Waals surface area contributed by atoms with Crippen LogP contribution in [0.2, 0.25) is 0 Å². The van der Waals surface area contributed by atoms with E-state index >= 15 is 0 Å². The summed E-state index contributed by atoms with van der Waals surface area (Å²) < 4.78 is 14.1. The molecule has 0 saturated heterocycles. The standard InChI is InChI=1S/C16H17BrFN/c1-10(2)11-3-5-12(6-4-11)16(19)13-7-14(17)9-15(18)8-13/h3-10,16H,19H2,1-2H3. The van der Waals surface area contributed by atoms with Gasteiger partial charge in [0.05, 0.1) is 6.04 Å². The molecule has 0 aliphatic rings. The molecule has 2 aromatic rings. The van der Waals surface area contributed by atoms with E-state index < -0.39 is 0 Å². The average Bonchev–Trinajstić information content (AvgIpc) is 2.37. The van der Waals surface area contributed by atoms with Gasteiger partial charge in [-0.2, -0.15) is 0 Å². The molecular weight excluding hydrogens is 305 g/mol. The fourth-order valence-electron chi connectivity index (χ4n) is 2.04. The van der Waals surface area contributed by atoms with Gasteiger partial charge in [0, 0.05) is 4.47 Å². The van der Waals surface area contributed by atoms with Gasteiger partial charge in [-0.05, 0) is 40.8 Å². The fourth-order valence-corrected chi connectivity index (χ4v) is 2.52. The average molecular weight is 322 g/mol. The highest BCUT2D eigenvalue weighted by Gasteiger charge is 2.11. The van der Waals surface area contributed by atoms with Gasteiger partial charge in [-0.1, -0.05) is 54.0 Å². The van der Waals surface area contributed by atoms with Gasteiger partial charge in [-0.3, -0.25) is 0 Å². The number of halogens is 2. The smallest absolute Gasteiger partial charge is 0.124 e. The SMILES string of the molecule is CC(C)c1ccc(C(N)c2cc(F)cc(Br)c2)cc1. The Labute approximate surface area is 121 Å². The number of rotatable bonds is 3. The van der Waals surface area contributed by atoms with E-state index in [1.165, 1.54) is 17.7 Å². The van der Waals surface area contributed by atoms with Crippen molar-refractivity contribution >= 4 is 15.9 Å². The lowest BCUT2D eigenvalue weighted by atomic mass is 9.96. The fraction of sp³-hybridized carbons (Fsp3) is 0.250. The highest BCUT2D eigenvalue weighted by molar-refractivity contribution is 9.10. The van der Waals surface area contributed by atoms with Crippen molar-refractivity contribution in [2.75, 3.05) is 0 Å². The van der Waals surface area contributed by atoms with Crippen molar-refractivity contribution in [3.05, 3.63) is 69.4 Å². The van der Waals surface area contributed by atoms with E-state index in [9.17, 15) is 4.39 Å². The number of hydrogen-bond acceptors (Lipinski definition) is 1. The molecule has 19 heavy (non-hydrogen) atoms. The van der Waals surface area contributed by atoms with E-state index in [0.29, 0.717) is 10.4 Å². The monoisotopic (exact) mass is 321 g/mol. The van der Waals surface area contributed by atoms with Gasteiger partial charge in [0.2, 0.25) is 0 Å². The Hall–Kier alpha value is -1.19. The van der Waals surface area contributed by atoms with Crippen LogP contribution in [0.3, 0.4) is 0 Å². The zero-order valence-electron chi connectivity index (χ0n) is 11.0. The first-order valence-corrected chi connectivity index (χ1v) is 7.08. The molecule has 0 bridgehead atoms. The molecular formula is C16H17BrFN. The van der Waals surface area contributed by atoms with Crippen LogP contribution in [0.5, 0.6) is 0 Å². The maximum Gasteiger partial charge on any atom is 0.124 e. The molecule has 2 aromatic carbocycles. The van der Waals surface area contributed by atoms with Gasteiger partial charge >= 0.3 is 0 Å². The molecule has 1 unspecified atom stereocenters. The number of nitrogens with two attached hydrogens (primary N) is 1. The lowest BCUT2D eigenvalue weighted by Gasteiger charge is -2.14. The van der Waals surface area contributed by atoms with Crippen LogP contribution in [0.1, 0.15) is 42.5 Å². The van der Waals surface area contributed by atoms with Crippen LogP contribution in [-0.4, -0.2) is 0 Å². The van der Waals surface area contributed by atoms with Gasteiger partial charge in [-0.15, -0.1) is 0 Å². The molecule has 3 heteroatoms. The van der Waals surface area contributed by atoms with Crippen LogP contribution in [0.25, 0.3) is 0 Å². The normalized spacial score (nSPS) is 12.7. The van der Waals surface area contributed by atoms with E-state index in [0.717, 1.165) is 11.1 Å². The molecule has 0 fully saturated rings. The van der Waals surface area contributed by atoms with E-state index in [1.54, 1.807) is 0 Å². The summed E-state index contributed by atoms with van der Waals surface area (Å²) >= 11 is 3.29. The summed E-state index contributed by atoms with van der Waals surface area (Å²) in [6.45, 7) is 4.30. The number of benzene rings is 2. The molecule has 0 spiro atoms. The third-order valence-electron chi connectivity index (χ3n) is 3.21. The zero-order chi connectivity index (χ0) is 14.0. The Morgan fingerprint density at radius 2 is 1.53 bits per heavy atom. The summed E-state index contributed by atoms with van der Waals surface area (Å²) in [4.78, 5) is 0. The molecule has 0 amide bonds. The van der Waals surface area contributed by atoms with Crippen LogP contribution in [0.15, 0.2) is 46.9 Å². The topological polar surface area (TPSA) is 26.0 Å². The Bertz CT molecular complexity index is 543. The first kappa shape index (κ1) is 14.2. The van der Waals surface area contributed by atoms with E-state index in [2.05, 4.69) is 41.9 Å². The van der Waals surface area contributed by atoms with Crippen molar-refractivity contribution in [1.82, 2.24) is 0 Å². The van der Waals surface area contributed by atoms with Gasteiger partial charge in [-0.25, -0.2) is 4.39 Å².